The highest BCUT2D eigenvalue weighted by Gasteiger charge is 2.15. The molecular weight excluding hydrogens is 358 g/mol. The van der Waals surface area contributed by atoms with E-state index < -0.39 is 0 Å². The average molecular weight is 386 g/mol. The number of hydrogen-bond acceptors (Lipinski definition) is 4. The number of hydrazine groups is 1. The van der Waals surface area contributed by atoms with Gasteiger partial charge in [0, 0.05) is 29.2 Å². The van der Waals surface area contributed by atoms with E-state index in [0.717, 1.165) is 23.7 Å². The fourth-order valence-electron chi connectivity index (χ4n) is 2.58. The minimum Gasteiger partial charge on any atom is -0.372 e. The Hall–Kier alpha value is -2.47. The van der Waals surface area contributed by atoms with Crippen molar-refractivity contribution in [2.24, 2.45) is 0 Å². The van der Waals surface area contributed by atoms with Crippen LogP contribution in [0.3, 0.4) is 0 Å². The van der Waals surface area contributed by atoms with Crippen LogP contribution in [0.25, 0.3) is 0 Å². The van der Waals surface area contributed by atoms with E-state index in [-0.39, 0.29) is 17.1 Å². The zero-order valence-electron chi connectivity index (χ0n) is 16.3. The van der Waals surface area contributed by atoms with Gasteiger partial charge in [-0.1, -0.05) is 17.7 Å². The Balaban J connectivity index is 1.86. The number of rotatable bonds is 7. The summed E-state index contributed by atoms with van der Waals surface area (Å²) in [4.78, 5) is 27.7. The van der Waals surface area contributed by atoms with Crippen LogP contribution < -0.4 is 15.8 Å². The number of amides is 2. The third-order valence-corrected chi connectivity index (χ3v) is 5.37. The number of carbonyl (C=O) groups is 2. The molecule has 0 aliphatic rings. The van der Waals surface area contributed by atoms with Gasteiger partial charge in [-0.25, -0.2) is 0 Å². The highest BCUT2D eigenvalue weighted by Crippen LogP contribution is 2.23. The Morgan fingerprint density at radius 3 is 2.11 bits per heavy atom. The molecule has 0 unspecified atom stereocenters. The quantitative estimate of drug-likeness (QED) is 0.562. The van der Waals surface area contributed by atoms with Crippen LogP contribution in [0.2, 0.25) is 0 Å². The number of nitrogens with one attached hydrogen (secondary N) is 2. The topological polar surface area (TPSA) is 61.4 Å². The van der Waals surface area contributed by atoms with Crippen LogP contribution in [0, 0.1) is 6.92 Å². The molecule has 2 aromatic rings. The SMILES string of the molecule is CCN(CC)c1ccc(C(=O)NNC(=O)[C@@H](C)Sc2ccc(C)cc2)cc1. The van der Waals surface area contributed by atoms with Crippen molar-refractivity contribution in [3.05, 3.63) is 59.7 Å². The Kier molecular flexibility index (Phi) is 7.73. The largest absolute Gasteiger partial charge is 0.372 e. The van der Waals surface area contributed by atoms with E-state index in [4.69, 9.17) is 0 Å². The van der Waals surface area contributed by atoms with Crippen molar-refractivity contribution in [3.63, 3.8) is 0 Å². The number of anilines is 1. The molecular formula is C21H27N3O2S. The maximum absolute atomic E-state index is 12.2. The lowest BCUT2D eigenvalue weighted by Crippen LogP contribution is -2.44. The van der Waals surface area contributed by atoms with E-state index in [9.17, 15) is 9.59 Å². The summed E-state index contributed by atoms with van der Waals surface area (Å²) in [5.74, 6) is -0.573. The van der Waals surface area contributed by atoms with Gasteiger partial charge in [0.05, 0.1) is 5.25 Å². The lowest BCUT2D eigenvalue weighted by atomic mass is 10.2. The summed E-state index contributed by atoms with van der Waals surface area (Å²) in [6.07, 6.45) is 0. The van der Waals surface area contributed by atoms with Crippen LogP contribution in [0.4, 0.5) is 5.69 Å². The molecule has 144 valence electrons. The number of nitrogens with zero attached hydrogens (tertiary/aromatic N) is 1. The number of hydrogen-bond donors (Lipinski definition) is 2. The smallest absolute Gasteiger partial charge is 0.269 e. The molecule has 1 atom stereocenters. The van der Waals surface area contributed by atoms with Crippen molar-refractivity contribution in [2.45, 2.75) is 37.8 Å². The maximum atomic E-state index is 12.2. The van der Waals surface area contributed by atoms with Gasteiger partial charge in [-0.2, -0.15) is 0 Å². The van der Waals surface area contributed by atoms with Crippen LogP contribution in [0.5, 0.6) is 0 Å². The molecule has 2 N–H and O–H groups in total. The molecule has 2 amide bonds. The summed E-state index contributed by atoms with van der Waals surface area (Å²) in [5, 5.41) is -0.321. The van der Waals surface area contributed by atoms with Crippen molar-refractivity contribution >= 4 is 29.3 Å². The van der Waals surface area contributed by atoms with Gasteiger partial charge in [-0.05, 0) is 64.1 Å². The van der Waals surface area contributed by atoms with Gasteiger partial charge in [0.1, 0.15) is 0 Å². The average Bonchev–Trinajstić information content (AvgIpc) is 2.69. The summed E-state index contributed by atoms with van der Waals surface area (Å²) >= 11 is 1.45. The Morgan fingerprint density at radius 1 is 0.963 bits per heavy atom. The molecule has 6 heteroatoms. The van der Waals surface area contributed by atoms with Crippen molar-refractivity contribution in [2.75, 3.05) is 18.0 Å². The van der Waals surface area contributed by atoms with Crippen molar-refractivity contribution in [1.29, 1.82) is 0 Å². The second-order valence-corrected chi connectivity index (χ2v) is 7.65. The van der Waals surface area contributed by atoms with Gasteiger partial charge in [-0.3, -0.25) is 20.4 Å². The molecule has 0 saturated carbocycles. The lowest BCUT2D eigenvalue weighted by Gasteiger charge is -2.21. The first-order valence-corrected chi connectivity index (χ1v) is 10.0. The summed E-state index contributed by atoms with van der Waals surface area (Å²) in [6, 6.07) is 15.4. The first-order valence-electron chi connectivity index (χ1n) is 9.13. The lowest BCUT2D eigenvalue weighted by molar-refractivity contribution is -0.121. The van der Waals surface area contributed by atoms with E-state index >= 15 is 0 Å². The molecule has 0 radical (unpaired) electrons. The van der Waals surface area contributed by atoms with E-state index in [2.05, 4.69) is 29.6 Å². The maximum Gasteiger partial charge on any atom is 0.269 e. The summed E-state index contributed by atoms with van der Waals surface area (Å²) in [5.41, 5.74) is 7.74. The van der Waals surface area contributed by atoms with Gasteiger partial charge >= 0.3 is 0 Å². The van der Waals surface area contributed by atoms with E-state index in [1.165, 1.54) is 17.3 Å². The fraction of sp³-hybridized carbons (Fsp3) is 0.333. The van der Waals surface area contributed by atoms with E-state index in [1.807, 2.05) is 50.2 Å². The first-order chi connectivity index (χ1) is 12.9. The minimum atomic E-state index is -0.331. The first kappa shape index (κ1) is 20.8. The fourth-order valence-corrected chi connectivity index (χ4v) is 3.45. The third-order valence-electron chi connectivity index (χ3n) is 4.26. The predicted octanol–water partition coefficient (Wildman–Crippen LogP) is 3.78. The Morgan fingerprint density at radius 2 is 1.56 bits per heavy atom. The molecule has 0 saturated heterocycles. The molecule has 0 aliphatic carbocycles. The highest BCUT2D eigenvalue weighted by atomic mass is 32.2. The highest BCUT2D eigenvalue weighted by molar-refractivity contribution is 8.00. The van der Waals surface area contributed by atoms with Crippen LogP contribution in [0.15, 0.2) is 53.4 Å². The molecule has 5 nitrogen and oxygen atoms in total. The molecule has 2 aromatic carbocycles. The van der Waals surface area contributed by atoms with Crippen LogP contribution in [-0.2, 0) is 4.79 Å². The van der Waals surface area contributed by atoms with Gasteiger partial charge in [0.25, 0.3) is 11.8 Å². The van der Waals surface area contributed by atoms with Crippen molar-refractivity contribution in [1.82, 2.24) is 10.9 Å². The minimum absolute atomic E-state index is 0.242. The van der Waals surface area contributed by atoms with Crippen LogP contribution in [-0.4, -0.2) is 30.2 Å². The molecule has 0 aliphatic heterocycles. The van der Waals surface area contributed by atoms with Crippen LogP contribution in [0.1, 0.15) is 36.7 Å². The normalized spacial score (nSPS) is 11.6. The molecule has 2 rings (SSSR count). The van der Waals surface area contributed by atoms with Crippen molar-refractivity contribution < 1.29 is 9.59 Å². The predicted molar refractivity (Wildman–Crippen MR) is 112 cm³/mol. The molecule has 0 bridgehead atoms. The molecule has 0 fully saturated rings. The molecule has 27 heavy (non-hydrogen) atoms. The van der Waals surface area contributed by atoms with Gasteiger partial charge in [0.15, 0.2) is 0 Å². The molecule has 0 aromatic heterocycles. The van der Waals surface area contributed by atoms with Gasteiger partial charge in [0.2, 0.25) is 0 Å². The van der Waals surface area contributed by atoms with E-state index in [1.54, 1.807) is 12.1 Å². The zero-order valence-corrected chi connectivity index (χ0v) is 17.1. The molecule has 0 spiro atoms. The second kappa shape index (κ2) is 10.0. The Bertz CT molecular complexity index is 756. The van der Waals surface area contributed by atoms with Gasteiger partial charge in [-0.15, -0.1) is 11.8 Å². The summed E-state index contributed by atoms with van der Waals surface area (Å²) < 4.78 is 0. The number of carbonyl (C=O) groups excluding carboxylic acids is 2. The van der Waals surface area contributed by atoms with Crippen molar-refractivity contribution in [3.8, 4) is 0 Å². The third kappa shape index (κ3) is 6.03. The number of thioether (sulfide) groups is 1. The standard InChI is InChI=1S/C21H27N3O2S/c1-5-24(6-2)18-11-9-17(10-12-18)21(26)23-22-20(25)16(4)27-19-13-7-15(3)8-14-19/h7-14,16H,5-6H2,1-4H3,(H,22,25)(H,23,26)/t16-/m1/s1. The Labute approximate surface area is 165 Å². The molecule has 0 heterocycles. The monoisotopic (exact) mass is 385 g/mol. The van der Waals surface area contributed by atoms with Crippen LogP contribution >= 0.6 is 11.8 Å². The zero-order chi connectivity index (χ0) is 19.8. The van der Waals surface area contributed by atoms with E-state index in [0.29, 0.717) is 5.56 Å². The second-order valence-electron chi connectivity index (χ2n) is 6.24. The number of benzene rings is 2. The summed E-state index contributed by atoms with van der Waals surface area (Å²) in [7, 11) is 0. The number of aryl methyl sites for hydroxylation is 1. The van der Waals surface area contributed by atoms with Gasteiger partial charge < -0.3 is 4.90 Å². The summed E-state index contributed by atoms with van der Waals surface area (Å²) in [6.45, 7) is 9.84.